The molecule has 0 bridgehead atoms. The van der Waals surface area contributed by atoms with Crippen molar-refractivity contribution in [2.24, 2.45) is 0 Å². The number of nitrogens with zero attached hydrogens (tertiary/aromatic N) is 1. The first-order chi connectivity index (χ1) is 10.1. The monoisotopic (exact) mass is 356 g/mol. The van der Waals surface area contributed by atoms with Crippen molar-refractivity contribution in [2.45, 2.75) is 25.3 Å². The van der Waals surface area contributed by atoms with Crippen molar-refractivity contribution in [1.82, 2.24) is 4.90 Å². The van der Waals surface area contributed by atoms with E-state index >= 15 is 0 Å². The van der Waals surface area contributed by atoms with Crippen LogP contribution in [0, 0.1) is 0 Å². The number of likely N-dealkylation sites (tertiary alicyclic amines) is 1. The highest BCUT2D eigenvalue weighted by Gasteiger charge is 2.20. The summed E-state index contributed by atoms with van der Waals surface area (Å²) in [5.74, 6) is 0.727. The van der Waals surface area contributed by atoms with Crippen LogP contribution in [0.1, 0.15) is 19.3 Å². The summed E-state index contributed by atoms with van der Waals surface area (Å²) < 4.78 is 11.1. The lowest BCUT2D eigenvalue weighted by molar-refractivity contribution is 0.147. The van der Waals surface area contributed by atoms with E-state index in [2.05, 4.69) is 33.2 Å². The van der Waals surface area contributed by atoms with Gasteiger partial charge in [0.2, 0.25) is 0 Å². The quantitative estimate of drug-likeness (QED) is 0.877. The van der Waals surface area contributed by atoms with Crippen molar-refractivity contribution < 1.29 is 14.3 Å². The molecule has 1 saturated heterocycles. The lowest BCUT2D eigenvalue weighted by atomic mass is 10.2. The summed E-state index contributed by atoms with van der Waals surface area (Å²) in [7, 11) is 3.72. The van der Waals surface area contributed by atoms with Gasteiger partial charge in [-0.1, -0.05) is 0 Å². The number of hydrogen-bond donors (Lipinski definition) is 1. The van der Waals surface area contributed by atoms with Crippen LogP contribution in [0.5, 0.6) is 5.75 Å². The van der Waals surface area contributed by atoms with Gasteiger partial charge in [0.15, 0.2) is 0 Å². The van der Waals surface area contributed by atoms with Gasteiger partial charge in [-0.25, -0.2) is 4.79 Å². The normalized spacial score (nSPS) is 18.5. The highest BCUT2D eigenvalue weighted by atomic mass is 79.9. The van der Waals surface area contributed by atoms with Gasteiger partial charge in [-0.2, -0.15) is 0 Å². The molecule has 0 aliphatic carbocycles. The molecule has 1 amide bonds. The number of nitrogens with one attached hydrogen (secondary N) is 1. The molecule has 0 spiro atoms. The Balaban J connectivity index is 1.76. The van der Waals surface area contributed by atoms with E-state index in [0.29, 0.717) is 18.3 Å². The van der Waals surface area contributed by atoms with E-state index < -0.39 is 6.09 Å². The minimum Gasteiger partial charge on any atom is -0.497 e. The minimum atomic E-state index is -0.429. The van der Waals surface area contributed by atoms with Gasteiger partial charge in [0.05, 0.1) is 19.4 Å². The molecule has 1 aromatic rings. The fourth-order valence-electron chi connectivity index (χ4n) is 2.50. The average Bonchev–Trinajstić information content (AvgIpc) is 2.87. The van der Waals surface area contributed by atoms with Crippen molar-refractivity contribution in [2.75, 3.05) is 32.6 Å². The number of carbonyl (C=O) groups excluding carboxylic acids is 1. The highest BCUT2D eigenvalue weighted by Crippen LogP contribution is 2.27. The van der Waals surface area contributed by atoms with Crippen LogP contribution in [0.2, 0.25) is 0 Å². The Hall–Kier alpha value is -1.27. The van der Waals surface area contributed by atoms with Crippen LogP contribution in [-0.2, 0) is 4.74 Å². The van der Waals surface area contributed by atoms with Crippen molar-refractivity contribution >= 4 is 27.7 Å². The van der Waals surface area contributed by atoms with Gasteiger partial charge in [-0.15, -0.1) is 0 Å². The third-order valence-electron chi connectivity index (χ3n) is 3.77. The Morgan fingerprint density at radius 2 is 2.33 bits per heavy atom. The molecule has 1 aliphatic heterocycles. The zero-order valence-electron chi connectivity index (χ0n) is 12.4. The number of halogens is 1. The first-order valence-corrected chi connectivity index (χ1v) is 7.87. The largest absolute Gasteiger partial charge is 0.497 e. The predicted octanol–water partition coefficient (Wildman–Crippen LogP) is 3.49. The maximum Gasteiger partial charge on any atom is 0.411 e. The van der Waals surface area contributed by atoms with Crippen LogP contribution in [-0.4, -0.2) is 44.3 Å². The Morgan fingerprint density at radius 1 is 1.52 bits per heavy atom. The molecule has 1 atom stereocenters. The zero-order chi connectivity index (χ0) is 15.2. The second kappa shape index (κ2) is 7.66. The van der Waals surface area contributed by atoms with E-state index in [4.69, 9.17) is 9.47 Å². The molecule has 5 nitrogen and oxygen atoms in total. The number of anilines is 1. The molecule has 1 fully saturated rings. The van der Waals surface area contributed by atoms with Gasteiger partial charge >= 0.3 is 6.09 Å². The average molecular weight is 357 g/mol. The van der Waals surface area contributed by atoms with E-state index in [0.717, 1.165) is 23.2 Å². The van der Waals surface area contributed by atoms with E-state index in [-0.39, 0.29) is 0 Å². The van der Waals surface area contributed by atoms with Crippen LogP contribution in [0.3, 0.4) is 0 Å². The third kappa shape index (κ3) is 4.61. The molecular formula is C15H21BrN2O3. The third-order valence-corrected chi connectivity index (χ3v) is 4.42. The summed E-state index contributed by atoms with van der Waals surface area (Å²) in [4.78, 5) is 14.1. The van der Waals surface area contributed by atoms with E-state index in [9.17, 15) is 4.79 Å². The predicted molar refractivity (Wildman–Crippen MR) is 85.9 cm³/mol. The summed E-state index contributed by atoms with van der Waals surface area (Å²) in [6.45, 7) is 1.57. The Kier molecular flexibility index (Phi) is 5.87. The first-order valence-electron chi connectivity index (χ1n) is 7.07. The first kappa shape index (κ1) is 16.1. The van der Waals surface area contributed by atoms with Crippen molar-refractivity contribution in [3.63, 3.8) is 0 Å². The second-order valence-electron chi connectivity index (χ2n) is 5.17. The molecule has 1 aliphatic rings. The topological polar surface area (TPSA) is 50.8 Å². The number of hydrogen-bond acceptors (Lipinski definition) is 4. The van der Waals surface area contributed by atoms with Crippen molar-refractivity contribution in [3.05, 3.63) is 22.7 Å². The summed E-state index contributed by atoms with van der Waals surface area (Å²) >= 11 is 3.39. The van der Waals surface area contributed by atoms with E-state index in [1.807, 2.05) is 0 Å². The minimum absolute atomic E-state index is 0.429. The van der Waals surface area contributed by atoms with Gasteiger partial charge in [-0.05, 0) is 67.0 Å². The van der Waals surface area contributed by atoms with Gasteiger partial charge in [0.1, 0.15) is 5.75 Å². The molecule has 0 radical (unpaired) electrons. The number of benzene rings is 1. The molecule has 1 aromatic carbocycles. The second-order valence-corrected chi connectivity index (χ2v) is 6.03. The standard InChI is InChI=1S/C15H21BrN2O3/c1-18-8-3-4-11(18)7-9-21-15(19)17-14-6-5-12(20-2)10-13(14)16/h5-6,10-11H,3-4,7-9H2,1-2H3,(H,17,19). The number of carbonyl (C=O) groups is 1. The number of methoxy groups -OCH3 is 1. The molecule has 1 unspecified atom stereocenters. The maximum atomic E-state index is 11.8. The molecule has 116 valence electrons. The molecule has 1 N–H and O–H groups in total. The fourth-order valence-corrected chi connectivity index (χ4v) is 2.96. The van der Waals surface area contributed by atoms with Crippen LogP contribution in [0.15, 0.2) is 22.7 Å². The number of ether oxygens (including phenoxy) is 2. The lowest BCUT2D eigenvalue weighted by Gasteiger charge is -2.19. The van der Waals surface area contributed by atoms with Crippen molar-refractivity contribution in [1.29, 1.82) is 0 Å². The van der Waals surface area contributed by atoms with Gasteiger partial charge in [0, 0.05) is 10.5 Å². The molecule has 2 rings (SSSR count). The Labute approximate surface area is 133 Å². The summed E-state index contributed by atoms with van der Waals surface area (Å²) in [5.41, 5.74) is 0.666. The molecule has 21 heavy (non-hydrogen) atoms. The van der Waals surface area contributed by atoms with Gasteiger partial charge in [0.25, 0.3) is 0 Å². The van der Waals surface area contributed by atoms with Crippen LogP contribution in [0.25, 0.3) is 0 Å². The number of rotatable bonds is 5. The summed E-state index contributed by atoms with van der Waals surface area (Å²) in [5, 5.41) is 2.72. The lowest BCUT2D eigenvalue weighted by Crippen LogP contribution is -2.27. The summed E-state index contributed by atoms with van der Waals surface area (Å²) in [6, 6.07) is 5.89. The fraction of sp³-hybridized carbons (Fsp3) is 0.533. The zero-order valence-corrected chi connectivity index (χ0v) is 14.0. The Morgan fingerprint density at radius 3 is 2.95 bits per heavy atom. The summed E-state index contributed by atoms with van der Waals surface area (Å²) in [6.07, 6.45) is 2.87. The van der Waals surface area contributed by atoms with Crippen molar-refractivity contribution in [3.8, 4) is 5.75 Å². The molecule has 6 heteroatoms. The van der Waals surface area contributed by atoms with Crippen LogP contribution >= 0.6 is 15.9 Å². The molecule has 1 heterocycles. The molecule has 0 aromatic heterocycles. The molecular weight excluding hydrogens is 336 g/mol. The van der Waals surface area contributed by atoms with Crippen LogP contribution in [0.4, 0.5) is 10.5 Å². The Bertz CT molecular complexity index is 496. The number of amides is 1. The SMILES string of the molecule is COc1ccc(NC(=O)OCCC2CCCN2C)c(Br)c1. The van der Waals surface area contributed by atoms with Gasteiger partial charge < -0.3 is 14.4 Å². The van der Waals surface area contributed by atoms with E-state index in [1.165, 1.54) is 12.8 Å². The van der Waals surface area contributed by atoms with E-state index in [1.54, 1.807) is 25.3 Å². The highest BCUT2D eigenvalue weighted by molar-refractivity contribution is 9.10. The molecule has 0 saturated carbocycles. The van der Waals surface area contributed by atoms with Gasteiger partial charge in [-0.3, -0.25) is 5.32 Å². The smallest absolute Gasteiger partial charge is 0.411 e. The maximum absolute atomic E-state index is 11.8. The van der Waals surface area contributed by atoms with Crippen LogP contribution < -0.4 is 10.1 Å².